The van der Waals surface area contributed by atoms with Crippen LogP contribution in [0.25, 0.3) is 0 Å². The molecule has 1 atom stereocenters. The maximum absolute atomic E-state index is 13.6. The maximum atomic E-state index is 13.6. The normalized spacial score (nSPS) is 13.3. The average Bonchev–Trinajstić information content (AvgIpc) is 3.25. The number of sulfone groups is 1. The Balaban J connectivity index is 2.01. The number of nitrogens with zero attached hydrogens (tertiary/aromatic N) is 3. The molecule has 0 aliphatic rings. The molecule has 2 aromatic heterocycles. The fourth-order valence-corrected chi connectivity index (χ4v) is 4.69. The first-order valence-electron chi connectivity index (χ1n) is 12.2. The third kappa shape index (κ3) is 6.59. The predicted octanol–water partition coefficient (Wildman–Crippen LogP) is 4.66. The third-order valence-electron chi connectivity index (χ3n) is 5.92. The van der Waals surface area contributed by atoms with Gasteiger partial charge in [0.25, 0.3) is 5.91 Å². The van der Waals surface area contributed by atoms with E-state index in [1.54, 1.807) is 27.7 Å². The highest BCUT2D eigenvalue weighted by Gasteiger charge is 2.37. The van der Waals surface area contributed by atoms with Gasteiger partial charge in [-0.1, -0.05) is 26.0 Å². The summed E-state index contributed by atoms with van der Waals surface area (Å²) in [5.41, 5.74) is -1.25. The number of alkyl halides is 3. The number of amides is 1. The van der Waals surface area contributed by atoms with Gasteiger partial charge in [0.2, 0.25) is 11.8 Å². The van der Waals surface area contributed by atoms with Crippen molar-refractivity contribution in [3.05, 3.63) is 65.0 Å². The number of benzene rings is 1. The van der Waals surface area contributed by atoms with Gasteiger partial charge in [0.05, 0.1) is 28.8 Å². The fourth-order valence-electron chi connectivity index (χ4n) is 3.81. The van der Waals surface area contributed by atoms with E-state index in [2.05, 4.69) is 15.4 Å². The van der Waals surface area contributed by atoms with E-state index in [0.29, 0.717) is 5.56 Å². The second-order valence-electron chi connectivity index (χ2n) is 9.71. The number of nitrogens with one attached hydrogen (secondary N) is 1. The van der Waals surface area contributed by atoms with E-state index in [-0.39, 0.29) is 34.2 Å². The Hall–Kier alpha value is -3.45. The lowest BCUT2D eigenvalue weighted by Crippen LogP contribution is -2.32. The molecule has 0 saturated carbocycles. The van der Waals surface area contributed by atoms with E-state index in [9.17, 15) is 31.5 Å². The average molecular weight is 569 g/mol. The molecule has 2 heterocycles. The lowest BCUT2D eigenvalue weighted by Gasteiger charge is -2.22. The first kappa shape index (κ1) is 30.1. The van der Waals surface area contributed by atoms with Gasteiger partial charge in [-0.25, -0.2) is 18.1 Å². The first-order valence-corrected chi connectivity index (χ1v) is 13.9. The number of carbonyl (C=O) groups is 1. The van der Waals surface area contributed by atoms with Crippen molar-refractivity contribution in [1.29, 1.82) is 0 Å². The van der Waals surface area contributed by atoms with Crippen molar-refractivity contribution in [3.63, 3.8) is 0 Å². The van der Waals surface area contributed by atoms with Crippen LogP contribution in [0.15, 0.2) is 47.5 Å². The van der Waals surface area contributed by atoms with E-state index in [0.717, 1.165) is 12.1 Å². The molecule has 1 aromatic carbocycles. The number of pyridine rings is 1. The molecule has 1 amide bonds. The third-order valence-corrected chi connectivity index (χ3v) is 7.67. The molecule has 0 radical (unpaired) electrons. The van der Waals surface area contributed by atoms with Crippen molar-refractivity contribution in [2.24, 2.45) is 0 Å². The standard InChI is InChI=1S/C26H31F3N4O5S/c1-6-18-21(22(35)31-20(15-34)16-10-12-17(13-11-16)39(36,37)7-2)32-33(25(3,4)5)24(18)38-23-19(26(27,28)29)9-8-14-30-23/h8-14,20,34H,6-7,15H2,1-5H3,(H,31,35). The minimum Gasteiger partial charge on any atom is -0.420 e. The van der Waals surface area contributed by atoms with Crippen LogP contribution in [0.5, 0.6) is 11.8 Å². The molecule has 0 aliphatic carbocycles. The van der Waals surface area contributed by atoms with Crippen molar-refractivity contribution in [1.82, 2.24) is 20.1 Å². The monoisotopic (exact) mass is 568 g/mol. The molecule has 0 spiro atoms. The summed E-state index contributed by atoms with van der Waals surface area (Å²) in [4.78, 5) is 17.2. The van der Waals surface area contributed by atoms with Crippen molar-refractivity contribution in [3.8, 4) is 11.8 Å². The van der Waals surface area contributed by atoms with Crippen LogP contribution in [0, 0.1) is 0 Å². The lowest BCUT2D eigenvalue weighted by molar-refractivity contribution is -0.138. The molecule has 3 rings (SSSR count). The van der Waals surface area contributed by atoms with Gasteiger partial charge in [-0.05, 0) is 57.0 Å². The van der Waals surface area contributed by atoms with Crippen molar-refractivity contribution in [2.45, 2.75) is 63.7 Å². The van der Waals surface area contributed by atoms with E-state index in [1.807, 2.05) is 0 Å². The second kappa shape index (κ2) is 11.3. The highest BCUT2D eigenvalue weighted by molar-refractivity contribution is 7.91. The Morgan fingerprint density at radius 2 is 1.77 bits per heavy atom. The van der Waals surface area contributed by atoms with Crippen LogP contribution in [0.4, 0.5) is 13.2 Å². The van der Waals surface area contributed by atoms with Crippen molar-refractivity contribution >= 4 is 15.7 Å². The summed E-state index contributed by atoms with van der Waals surface area (Å²) in [5.74, 6) is -1.50. The summed E-state index contributed by atoms with van der Waals surface area (Å²) < 4.78 is 72.0. The van der Waals surface area contributed by atoms with Gasteiger partial charge in [-0.15, -0.1) is 0 Å². The van der Waals surface area contributed by atoms with Crippen LogP contribution < -0.4 is 10.1 Å². The minimum absolute atomic E-state index is 0.0611. The number of aromatic nitrogens is 3. The van der Waals surface area contributed by atoms with Crippen LogP contribution in [-0.2, 0) is 28.0 Å². The summed E-state index contributed by atoms with van der Waals surface area (Å²) in [6.45, 7) is 7.97. The smallest absolute Gasteiger partial charge is 0.420 e. The Labute approximate surface area is 224 Å². The van der Waals surface area contributed by atoms with Gasteiger partial charge >= 0.3 is 6.18 Å². The zero-order valence-electron chi connectivity index (χ0n) is 22.2. The minimum atomic E-state index is -4.72. The summed E-state index contributed by atoms with van der Waals surface area (Å²) in [6, 6.07) is 6.87. The molecule has 39 heavy (non-hydrogen) atoms. The molecular formula is C26H31F3N4O5S. The number of aliphatic hydroxyl groups is 1. The largest absolute Gasteiger partial charge is 0.421 e. The van der Waals surface area contributed by atoms with Gasteiger partial charge in [-0.2, -0.15) is 18.3 Å². The van der Waals surface area contributed by atoms with Crippen LogP contribution in [-0.4, -0.2) is 46.6 Å². The van der Waals surface area contributed by atoms with Crippen LogP contribution in [0.2, 0.25) is 0 Å². The predicted molar refractivity (Wildman–Crippen MR) is 137 cm³/mol. The molecular weight excluding hydrogens is 537 g/mol. The van der Waals surface area contributed by atoms with Crippen LogP contribution in [0.1, 0.15) is 67.8 Å². The van der Waals surface area contributed by atoms with Gasteiger partial charge in [0, 0.05) is 11.8 Å². The maximum Gasteiger partial charge on any atom is 0.421 e. The molecule has 2 N–H and O–H groups in total. The molecule has 1 unspecified atom stereocenters. The van der Waals surface area contributed by atoms with Crippen molar-refractivity contribution < 1.29 is 36.2 Å². The summed E-state index contributed by atoms with van der Waals surface area (Å²) in [6.07, 6.45) is -3.36. The molecule has 0 fully saturated rings. The SMILES string of the molecule is CCc1c(C(=O)NC(CO)c2ccc(S(=O)(=O)CC)cc2)nn(C(C)(C)C)c1Oc1ncccc1C(F)(F)F. The van der Waals surface area contributed by atoms with Crippen molar-refractivity contribution in [2.75, 3.05) is 12.4 Å². The molecule has 212 valence electrons. The molecule has 13 heteroatoms. The quantitative estimate of drug-likeness (QED) is 0.385. The molecule has 0 saturated heterocycles. The van der Waals surface area contributed by atoms with E-state index in [1.165, 1.54) is 42.1 Å². The molecule has 0 bridgehead atoms. The van der Waals surface area contributed by atoms with Crippen LogP contribution >= 0.6 is 0 Å². The van der Waals surface area contributed by atoms with E-state index in [4.69, 9.17) is 4.74 Å². The van der Waals surface area contributed by atoms with Gasteiger partial charge in [0.1, 0.15) is 5.56 Å². The Morgan fingerprint density at radius 3 is 2.28 bits per heavy atom. The fraction of sp³-hybridized carbons (Fsp3) is 0.423. The number of hydrogen-bond donors (Lipinski definition) is 2. The summed E-state index contributed by atoms with van der Waals surface area (Å²) in [5, 5.41) is 17.0. The Kier molecular flexibility index (Phi) is 8.75. The Morgan fingerprint density at radius 1 is 1.13 bits per heavy atom. The molecule has 9 nitrogen and oxygen atoms in total. The highest BCUT2D eigenvalue weighted by Crippen LogP contribution is 2.39. The van der Waals surface area contributed by atoms with E-state index < -0.39 is 51.6 Å². The van der Waals surface area contributed by atoms with Crippen LogP contribution in [0.3, 0.4) is 0 Å². The number of carbonyl (C=O) groups excluding carboxylic acids is 1. The lowest BCUT2D eigenvalue weighted by atomic mass is 10.1. The highest BCUT2D eigenvalue weighted by atomic mass is 32.2. The Bertz CT molecular complexity index is 1430. The second-order valence-corrected chi connectivity index (χ2v) is 12.0. The van der Waals surface area contributed by atoms with Gasteiger partial charge in [0.15, 0.2) is 15.5 Å². The van der Waals surface area contributed by atoms with Gasteiger partial charge < -0.3 is 15.2 Å². The molecule has 3 aromatic rings. The number of ether oxygens (including phenoxy) is 1. The zero-order chi connectivity index (χ0) is 29.2. The van der Waals surface area contributed by atoms with Gasteiger partial charge in [-0.3, -0.25) is 4.79 Å². The topological polar surface area (TPSA) is 123 Å². The number of rotatable bonds is 9. The first-order chi connectivity index (χ1) is 18.1. The number of hydrogen-bond acceptors (Lipinski definition) is 7. The molecule has 0 aliphatic heterocycles. The number of halogens is 3. The van der Waals surface area contributed by atoms with E-state index >= 15 is 0 Å². The zero-order valence-corrected chi connectivity index (χ0v) is 23.0. The number of aliphatic hydroxyl groups excluding tert-OH is 1. The summed E-state index contributed by atoms with van der Waals surface area (Å²) in [7, 11) is -3.43. The summed E-state index contributed by atoms with van der Waals surface area (Å²) >= 11 is 0.